The van der Waals surface area contributed by atoms with Gasteiger partial charge in [0.2, 0.25) is 10.0 Å². The highest BCUT2D eigenvalue weighted by Gasteiger charge is 2.46. The molecule has 0 aromatic heterocycles. The number of rotatable bonds is 3. The highest BCUT2D eigenvalue weighted by atomic mass is 32.2. The van der Waals surface area contributed by atoms with E-state index >= 15 is 0 Å². The van der Waals surface area contributed by atoms with Gasteiger partial charge in [0.05, 0.1) is 0 Å². The van der Waals surface area contributed by atoms with Gasteiger partial charge in [-0.2, -0.15) is 4.31 Å². The number of nitrogens with two attached hydrogens (primary N) is 1. The standard InChI is InChI=1S/C11H13F3N2O2S/c1-2-11(15)5-16(6-11)19(17,18)10-8(13)3-7(12)4-9(10)14/h3-4H,2,5-6,15H2,1H3. The highest BCUT2D eigenvalue weighted by molar-refractivity contribution is 7.89. The minimum atomic E-state index is -4.32. The molecule has 1 aromatic carbocycles. The molecule has 4 nitrogen and oxygen atoms in total. The highest BCUT2D eigenvalue weighted by Crippen LogP contribution is 2.31. The number of nitrogens with zero attached hydrogens (tertiary/aromatic N) is 1. The van der Waals surface area contributed by atoms with Crippen molar-refractivity contribution < 1.29 is 21.6 Å². The molecule has 1 aliphatic rings. The second kappa shape index (κ2) is 4.46. The lowest BCUT2D eigenvalue weighted by atomic mass is 9.91. The fourth-order valence-electron chi connectivity index (χ4n) is 1.95. The number of hydrogen-bond donors (Lipinski definition) is 1. The first kappa shape index (κ1) is 14.3. The van der Waals surface area contributed by atoms with E-state index in [0.29, 0.717) is 18.6 Å². The van der Waals surface area contributed by atoms with Crippen LogP contribution in [0.15, 0.2) is 17.0 Å². The molecule has 0 aliphatic carbocycles. The molecule has 0 saturated carbocycles. The maximum absolute atomic E-state index is 13.5. The zero-order valence-electron chi connectivity index (χ0n) is 10.2. The van der Waals surface area contributed by atoms with Gasteiger partial charge in [0.1, 0.15) is 17.5 Å². The van der Waals surface area contributed by atoms with Crippen LogP contribution < -0.4 is 5.73 Å². The zero-order valence-corrected chi connectivity index (χ0v) is 11.0. The quantitative estimate of drug-likeness (QED) is 0.911. The van der Waals surface area contributed by atoms with E-state index in [-0.39, 0.29) is 13.1 Å². The lowest BCUT2D eigenvalue weighted by Crippen LogP contribution is -2.68. The molecule has 106 valence electrons. The van der Waals surface area contributed by atoms with Crippen LogP contribution in [0.5, 0.6) is 0 Å². The van der Waals surface area contributed by atoms with Crippen LogP contribution in [0.2, 0.25) is 0 Å². The van der Waals surface area contributed by atoms with Gasteiger partial charge in [0.15, 0.2) is 4.90 Å². The molecule has 1 fully saturated rings. The number of halogens is 3. The molecule has 2 N–H and O–H groups in total. The summed E-state index contributed by atoms with van der Waals surface area (Å²) >= 11 is 0. The van der Waals surface area contributed by atoms with Crippen molar-refractivity contribution in [3.63, 3.8) is 0 Å². The molecular formula is C11H13F3N2O2S. The minimum absolute atomic E-state index is 0.0118. The first-order valence-electron chi connectivity index (χ1n) is 5.63. The molecule has 1 aromatic rings. The van der Waals surface area contributed by atoms with Crippen molar-refractivity contribution in [2.45, 2.75) is 23.8 Å². The monoisotopic (exact) mass is 294 g/mol. The number of sulfonamides is 1. The molecule has 0 spiro atoms. The third kappa shape index (κ3) is 2.35. The van der Waals surface area contributed by atoms with E-state index in [4.69, 9.17) is 5.73 Å². The first-order valence-corrected chi connectivity index (χ1v) is 7.07. The summed E-state index contributed by atoms with van der Waals surface area (Å²) in [6.45, 7) is 1.77. The van der Waals surface area contributed by atoms with Crippen LogP contribution in [0.4, 0.5) is 13.2 Å². The van der Waals surface area contributed by atoms with Crippen LogP contribution in [-0.4, -0.2) is 31.4 Å². The second-order valence-corrected chi connectivity index (χ2v) is 6.56. The Kier molecular flexibility index (Phi) is 3.36. The van der Waals surface area contributed by atoms with Crippen molar-refractivity contribution in [2.24, 2.45) is 5.73 Å². The maximum atomic E-state index is 13.5. The van der Waals surface area contributed by atoms with E-state index in [1.165, 1.54) is 0 Å². The predicted octanol–water partition coefficient (Wildman–Crippen LogP) is 1.22. The van der Waals surface area contributed by atoms with E-state index in [1.54, 1.807) is 6.92 Å². The van der Waals surface area contributed by atoms with Gasteiger partial charge >= 0.3 is 0 Å². The van der Waals surface area contributed by atoms with E-state index in [2.05, 4.69) is 0 Å². The van der Waals surface area contributed by atoms with Gasteiger partial charge in [0.25, 0.3) is 0 Å². The largest absolute Gasteiger partial charge is 0.323 e. The van der Waals surface area contributed by atoms with Crippen molar-refractivity contribution in [3.8, 4) is 0 Å². The molecule has 0 radical (unpaired) electrons. The Labute approximate surface area is 109 Å². The van der Waals surface area contributed by atoms with Gasteiger partial charge in [-0.15, -0.1) is 0 Å². The molecule has 2 rings (SSSR count). The average Bonchev–Trinajstić information content (AvgIpc) is 2.22. The minimum Gasteiger partial charge on any atom is -0.323 e. The molecule has 0 bridgehead atoms. The zero-order chi connectivity index (χ0) is 14.4. The Bertz CT molecular complexity index is 589. The first-order chi connectivity index (χ1) is 8.69. The van der Waals surface area contributed by atoms with E-state index < -0.39 is 37.9 Å². The topological polar surface area (TPSA) is 63.4 Å². The summed E-state index contributed by atoms with van der Waals surface area (Å²) < 4.78 is 64.7. The Morgan fingerprint density at radius 1 is 1.26 bits per heavy atom. The molecule has 0 amide bonds. The van der Waals surface area contributed by atoms with E-state index in [1.807, 2.05) is 0 Å². The fourth-order valence-corrected chi connectivity index (χ4v) is 3.68. The summed E-state index contributed by atoms with van der Waals surface area (Å²) in [5, 5.41) is 0. The van der Waals surface area contributed by atoms with Crippen LogP contribution >= 0.6 is 0 Å². The molecule has 1 saturated heterocycles. The van der Waals surface area contributed by atoms with Crippen molar-refractivity contribution in [1.29, 1.82) is 0 Å². The van der Waals surface area contributed by atoms with Crippen LogP contribution in [-0.2, 0) is 10.0 Å². The number of hydrogen-bond acceptors (Lipinski definition) is 3. The third-order valence-electron chi connectivity index (χ3n) is 3.25. The van der Waals surface area contributed by atoms with Crippen molar-refractivity contribution in [3.05, 3.63) is 29.6 Å². The van der Waals surface area contributed by atoms with Gasteiger partial charge in [-0.1, -0.05) is 6.92 Å². The van der Waals surface area contributed by atoms with Crippen molar-refractivity contribution in [2.75, 3.05) is 13.1 Å². The Balaban J connectivity index is 2.38. The van der Waals surface area contributed by atoms with Crippen molar-refractivity contribution >= 4 is 10.0 Å². The summed E-state index contributed by atoms with van der Waals surface area (Å²) in [5.41, 5.74) is 5.15. The smallest absolute Gasteiger partial charge is 0.249 e. The number of benzene rings is 1. The van der Waals surface area contributed by atoms with Gasteiger partial charge in [-0.05, 0) is 6.42 Å². The molecule has 0 unspecified atom stereocenters. The molecule has 19 heavy (non-hydrogen) atoms. The molecular weight excluding hydrogens is 281 g/mol. The van der Waals surface area contributed by atoms with Crippen LogP contribution in [0, 0.1) is 17.5 Å². The fraction of sp³-hybridized carbons (Fsp3) is 0.455. The summed E-state index contributed by atoms with van der Waals surface area (Å²) in [6, 6.07) is 0.677. The Morgan fingerprint density at radius 3 is 2.16 bits per heavy atom. The SMILES string of the molecule is CCC1(N)CN(S(=O)(=O)c2c(F)cc(F)cc2F)C1. The maximum Gasteiger partial charge on any atom is 0.249 e. The van der Waals surface area contributed by atoms with Crippen molar-refractivity contribution in [1.82, 2.24) is 4.31 Å². The lowest BCUT2D eigenvalue weighted by Gasteiger charge is -2.46. The van der Waals surface area contributed by atoms with Gasteiger partial charge in [-0.25, -0.2) is 21.6 Å². The van der Waals surface area contributed by atoms with Crippen LogP contribution in [0.1, 0.15) is 13.3 Å². The third-order valence-corrected chi connectivity index (χ3v) is 5.09. The lowest BCUT2D eigenvalue weighted by molar-refractivity contribution is 0.152. The molecule has 1 heterocycles. The summed E-state index contributed by atoms with van der Waals surface area (Å²) in [6.07, 6.45) is 0.549. The second-order valence-electron chi connectivity index (χ2n) is 4.69. The van der Waals surface area contributed by atoms with Crippen LogP contribution in [0.25, 0.3) is 0 Å². The molecule has 1 aliphatic heterocycles. The Hall–Kier alpha value is -1.12. The van der Waals surface area contributed by atoms with Crippen LogP contribution in [0.3, 0.4) is 0 Å². The summed E-state index contributed by atoms with van der Waals surface area (Å²) in [7, 11) is -4.32. The van der Waals surface area contributed by atoms with Gasteiger partial charge in [0, 0.05) is 30.8 Å². The Morgan fingerprint density at radius 2 is 1.74 bits per heavy atom. The molecule has 0 atom stereocenters. The van der Waals surface area contributed by atoms with E-state index in [9.17, 15) is 21.6 Å². The summed E-state index contributed by atoms with van der Waals surface area (Å²) in [4.78, 5) is -1.13. The van der Waals surface area contributed by atoms with E-state index in [0.717, 1.165) is 4.31 Å². The predicted molar refractivity (Wildman–Crippen MR) is 62.3 cm³/mol. The normalized spacial score (nSPS) is 19.2. The average molecular weight is 294 g/mol. The summed E-state index contributed by atoms with van der Waals surface area (Å²) in [5.74, 6) is -4.05. The molecule has 8 heteroatoms. The van der Waals surface area contributed by atoms with Gasteiger partial charge in [-0.3, -0.25) is 0 Å². The van der Waals surface area contributed by atoms with Gasteiger partial charge < -0.3 is 5.73 Å².